The number of sulfone groups is 1. The summed E-state index contributed by atoms with van der Waals surface area (Å²) in [6.45, 7) is 1.43. The zero-order valence-corrected chi connectivity index (χ0v) is 14.1. The fourth-order valence-corrected chi connectivity index (χ4v) is 6.50. The fourth-order valence-electron chi connectivity index (χ4n) is 3.56. The molecule has 0 aromatic rings. The van der Waals surface area contributed by atoms with Gasteiger partial charge in [-0.05, 0) is 12.3 Å². The minimum atomic E-state index is -3.02. The minimum Gasteiger partial charge on any atom is -0.329 e. The van der Waals surface area contributed by atoms with E-state index in [0.29, 0.717) is 12.3 Å². The van der Waals surface area contributed by atoms with Crippen LogP contribution in [0.25, 0.3) is 0 Å². The van der Waals surface area contributed by atoms with Crippen molar-refractivity contribution in [2.75, 3.05) is 30.9 Å². The maximum absolute atomic E-state index is 12.0. The van der Waals surface area contributed by atoms with E-state index in [0.717, 1.165) is 24.6 Å². The zero-order valence-electron chi connectivity index (χ0n) is 12.5. The molecular weight excluding hydrogens is 292 g/mol. The molecule has 6 heteroatoms. The first-order chi connectivity index (χ1) is 9.52. The van der Waals surface area contributed by atoms with Gasteiger partial charge in [0.25, 0.3) is 0 Å². The highest BCUT2D eigenvalue weighted by Gasteiger charge is 2.35. The SMILES string of the molecule is CS(=O)(=O)C1CSCCN1C(CN)CC1CCCCC1. The molecule has 1 saturated heterocycles. The maximum atomic E-state index is 12.0. The van der Waals surface area contributed by atoms with Gasteiger partial charge in [-0.1, -0.05) is 32.1 Å². The Kier molecular flexibility index (Phi) is 6.20. The Labute approximate surface area is 127 Å². The van der Waals surface area contributed by atoms with Crippen molar-refractivity contribution in [3.05, 3.63) is 0 Å². The van der Waals surface area contributed by atoms with E-state index >= 15 is 0 Å². The molecule has 4 nitrogen and oxygen atoms in total. The van der Waals surface area contributed by atoms with Crippen molar-refractivity contribution >= 4 is 21.6 Å². The molecule has 2 N–H and O–H groups in total. The molecule has 20 heavy (non-hydrogen) atoms. The summed E-state index contributed by atoms with van der Waals surface area (Å²) in [6, 6.07) is 0.235. The predicted molar refractivity (Wildman–Crippen MR) is 86.7 cm³/mol. The fraction of sp³-hybridized carbons (Fsp3) is 1.00. The molecule has 0 amide bonds. The first kappa shape index (κ1) is 16.6. The second-order valence-electron chi connectivity index (χ2n) is 6.23. The van der Waals surface area contributed by atoms with E-state index in [-0.39, 0.29) is 11.4 Å². The molecule has 2 atom stereocenters. The molecule has 0 spiro atoms. The number of hydrogen-bond acceptors (Lipinski definition) is 5. The van der Waals surface area contributed by atoms with Crippen LogP contribution in [-0.2, 0) is 9.84 Å². The highest BCUT2D eigenvalue weighted by molar-refractivity contribution is 8.00. The smallest absolute Gasteiger partial charge is 0.164 e. The van der Waals surface area contributed by atoms with Crippen LogP contribution in [0.1, 0.15) is 38.5 Å². The van der Waals surface area contributed by atoms with Gasteiger partial charge in [-0.15, -0.1) is 0 Å². The Morgan fingerprint density at radius 3 is 2.60 bits per heavy atom. The van der Waals surface area contributed by atoms with Gasteiger partial charge in [0.15, 0.2) is 9.84 Å². The number of hydrogen-bond donors (Lipinski definition) is 1. The van der Waals surface area contributed by atoms with Crippen LogP contribution in [0.5, 0.6) is 0 Å². The molecule has 1 aliphatic heterocycles. The van der Waals surface area contributed by atoms with Gasteiger partial charge in [0.2, 0.25) is 0 Å². The van der Waals surface area contributed by atoms with Crippen LogP contribution < -0.4 is 5.73 Å². The van der Waals surface area contributed by atoms with E-state index in [1.807, 2.05) is 0 Å². The molecule has 1 saturated carbocycles. The third-order valence-electron chi connectivity index (χ3n) is 4.69. The predicted octanol–water partition coefficient (Wildman–Crippen LogP) is 1.70. The molecule has 118 valence electrons. The van der Waals surface area contributed by atoms with Crippen molar-refractivity contribution in [3.63, 3.8) is 0 Å². The van der Waals surface area contributed by atoms with Gasteiger partial charge in [0, 0.05) is 36.9 Å². The third kappa shape index (κ3) is 4.36. The molecule has 2 fully saturated rings. The molecule has 2 rings (SSSR count). The summed E-state index contributed by atoms with van der Waals surface area (Å²) >= 11 is 1.75. The largest absolute Gasteiger partial charge is 0.329 e. The summed E-state index contributed by atoms with van der Waals surface area (Å²) in [7, 11) is -3.02. The van der Waals surface area contributed by atoms with Crippen LogP contribution in [0.15, 0.2) is 0 Å². The van der Waals surface area contributed by atoms with E-state index in [4.69, 9.17) is 5.73 Å². The summed E-state index contributed by atoms with van der Waals surface area (Å²) < 4.78 is 24.0. The van der Waals surface area contributed by atoms with Gasteiger partial charge in [-0.3, -0.25) is 4.90 Å². The van der Waals surface area contributed by atoms with Crippen molar-refractivity contribution in [3.8, 4) is 0 Å². The summed E-state index contributed by atoms with van der Waals surface area (Å²) in [5.74, 6) is 2.46. The molecule has 2 unspecified atom stereocenters. The number of nitrogens with zero attached hydrogens (tertiary/aromatic N) is 1. The minimum absolute atomic E-state index is 0.235. The topological polar surface area (TPSA) is 63.4 Å². The molecule has 2 aliphatic rings. The summed E-state index contributed by atoms with van der Waals surface area (Å²) in [6.07, 6.45) is 9.04. The van der Waals surface area contributed by atoms with Crippen LogP contribution in [0, 0.1) is 5.92 Å². The lowest BCUT2D eigenvalue weighted by Gasteiger charge is -2.41. The quantitative estimate of drug-likeness (QED) is 0.835. The van der Waals surface area contributed by atoms with Crippen molar-refractivity contribution in [1.82, 2.24) is 4.90 Å². The first-order valence-corrected chi connectivity index (χ1v) is 10.9. The van der Waals surface area contributed by atoms with Crippen LogP contribution >= 0.6 is 11.8 Å². The van der Waals surface area contributed by atoms with Gasteiger partial charge in [-0.2, -0.15) is 11.8 Å². The maximum Gasteiger partial charge on any atom is 0.164 e. The summed E-state index contributed by atoms with van der Waals surface area (Å²) in [5.41, 5.74) is 5.98. The molecule has 0 radical (unpaired) electrons. The molecular formula is C14H28N2O2S2. The normalized spacial score (nSPS) is 28.4. The summed E-state index contributed by atoms with van der Waals surface area (Å²) in [5, 5.41) is -0.335. The zero-order chi connectivity index (χ0) is 14.6. The van der Waals surface area contributed by atoms with Gasteiger partial charge < -0.3 is 5.73 Å². The Morgan fingerprint density at radius 2 is 2.00 bits per heavy atom. The second-order valence-corrected chi connectivity index (χ2v) is 9.58. The Hall–Kier alpha value is 0.220. The van der Waals surface area contributed by atoms with E-state index in [2.05, 4.69) is 4.90 Å². The summed E-state index contributed by atoms with van der Waals surface area (Å²) in [4.78, 5) is 2.18. The first-order valence-electron chi connectivity index (χ1n) is 7.74. The van der Waals surface area contributed by atoms with Crippen molar-refractivity contribution < 1.29 is 8.42 Å². The van der Waals surface area contributed by atoms with Crippen molar-refractivity contribution in [2.45, 2.75) is 49.9 Å². The Bertz CT molecular complexity index is 394. The highest BCUT2D eigenvalue weighted by Crippen LogP contribution is 2.31. The average molecular weight is 321 g/mol. The standard InChI is InChI=1S/C14H28N2O2S2/c1-20(17,18)14-11-19-8-7-16(14)13(10-15)9-12-5-3-2-4-6-12/h12-14H,2-11,15H2,1H3. The van der Waals surface area contributed by atoms with E-state index in [9.17, 15) is 8.42 Å². The van der Waals surface area contributed by atoms with Gasteiger partial charge >= 0.3 is 0 Å². The van der Waals surface area contributed by atoms with Crippen molar-refractivity contribution in [1.29, 1.82) is 0 Å². The monoisotopic (exact) mass is 320 g/mol. The van der Waals surface area contributed by atoms with E-state index < -0.39 is 9.84 Å². The number of thioether (sulfide) groups is 1. The average Bonchev–Trinajstić information content (AvgIpc) is 2.45. The molecule has 0 aromatic heterocycles. The van der Waals surface area contributed by atoms with Crippen LogP contribution in [0.3, 0.4) is 0 Å². The van der Waals surface area contributed by atoms with Gasteiger partial charge in [0.05, 0.1) is 0 Å². The lowest BCUT2D eigenvalue weighted by molar-refractivity contribution is 0.156. The lowest BCUT2D eigenvalue weighted by atomic mass is 9.84. The molecule has 0 aromatic carbocycles. The highest BCUT2D eigenvalue weighted by atomic mass is 32.2. The second kappa shape index (κ2) is 7.47. The number of rotatable bonds is 5. The Morgan fingerprint density at radius 1 is 1.30 bits per heavy atom. The van der Waals surface area contributed by atoms with Crippen LogP contribution in [-0.4, -0.2) is 55.6 Å². The Balaban J connectivity index is 2.03. The van der Waals surface area contributed by atoms with E-state index in [1.165, 1.54) is 38.4 Å². The molecule has 0 bridgehead atoms. The molecule has 1 heterocycles. The lowest BCUT2D eigenvalue weighted by Crippen LogP contribution is -2.54. The third-order valence-corrected chi connectivity index (χ3v) is 7.35. The number of nitrogens with two attached hydrogens (primary N) is 1. The van der Waals surface area contributed by atoms with Crippen LogP contribution in [0.4, 0.5) is 0 Å². The van der Waals surface area contributed by atoms with Crippen molar-refractivity contribution in [2.24, 2.45) is 11.7 Å². The molecule has 1 aliphatic carbocycles. The van der Waals surface area contributed by atoms with Crippen LogP contribution in [0.2, 0.25) is 0 Å². The van der Waals surface area contributed by atoms with Gasteiger partial charge in [-0.25, -0.2) is 8.42 Å². The van der Waals surface area contributed by atoms with E-state index in [1.54, 1.807) is 11.8 Å². The van der Waals surface area contributed by atoms with Gasteiger partial charge in [0.1, 0.15) is 5.37 Å².